The van der Waals surface area contributed by atoms with Gasteiger partial charge >= 0.3 is 5.97 Å². The first-order valence-corrected chi connectivity index (χ1v) is 12.5. The Morgan fingerprint density at radius 2 is 1.89 bits per heavy atom. The second-order valence-corrected chi connectivity index (χ2v) is 9.39. The highest BCUT2D eigenvalue weighted by Crippen LogP contribution is 2.48. The summed E-state index contributed by atoms with van der Waals surface area (Å²) < 4.78 is 5.57. The zero-order chi connectivity index (χ0) is 24.8. The van der Waals surface area contributed by atoms with E-state index in [9.17, 15) is 19.5 Å². The van der Waals surface area contributed by atoms with Crippen LogP contribution >= 0.6 is 0 Å². The maximum absolute atomic E-state index is 12.9. The van der Waals surface area contributed by atoms with Gasteiger partial charge in [-0.3, -0.25) is 9.59 Å². The molecule has 2 aliphatic rings. The zero-order valence-electron chi connectivity index (χ0n) is 20.0. The first-order chi connectivity index (χ1) is 17.0. The normalized spacial score (nSPS) is 20.5. The number of carboxylic acid groups (broad SMARTS) is 1. The van der Waals surface area contributed by atoms with E-state index in [1.165, 1.54) is 0 Å². The third kappa shape index (κ3) is 6.18. The molecule has 0 spiro atoms. The molecular formula is C27H33N3O5. The molecule has 186 valence electrons. The molecule has 2 saturated carbocycles. The molecule has 3 N–H and O–H groups in total. The molecule has 1 heterocycles. The van der Waals surface area contributed by atoms with Crippen LogP contribution < -0.4 is 15.4 Å². The summed E-state index contributed by atoms with van der Waals surface area (Å²) >= 11 is 0. The molecule has 0 aliphatic heterocycles. The summed E-state index contributed by atoms with van der Waals surface area (Å²) in [6.45, 7) is 2.58. The lowest BCUT2D eigenvalue weighted by Gasteiger charge is -2.28. The van der Waals surface area contributed by atoms with Crippen molar-refractivity contribution in [2.24, 2.45) is 11.8 Å². The van der Waals surface area contributed by atoms with Crippen molar-refractivity contribution >= 4 is 17.8 Å². The van der Waals surface area contributed by atoms with Gasteiger partial charge in [0.1, 0.15) is 11.6 Å². The van der Waals surface area contributed by atoms with Crippen LogP contribution in [0.2, 0.25) is 0 Å². The van der Waals surface area contributed by atoms with Gasteiger partial charge in [0.2, 0.25) is 11.8 Å². The minimum absolute atomic E-state index is 0.0190. The smallest absolute Gasteiger partial charge is 0.326 e. The molecule has 3 atom stereocenters. The first kappa shape index (κ1) is 24.7. The Morgan fingerprint density at radius 3 is 2.57 bits per heavy atom. The third-order valence-electron chi connectivity index (χ3n) is 6.93. The quantitative estimate of drug-likeness (QED) is 0.479. The van der Waals surface area contributed by atoms with Crippen LogP contribution in [0.5, 0.6) is 5.88 Å². The van der Waals surface area contributed by atoms with Crippen LogP contribution in [0.3, 0.4) is 0 Å². The number of ether oxygens (including phenoxy) is 1. The first-order valence-electron chi connectivity index (χ1n) is 12.5. The van der Waals surface area contributed by atoms with E-state index in [-0.39, 0.29) is 35.4 Å². The van der Waals surface area contributed by atoms with E-state index < -0.39 is 12.0 Å². The number of benzene rings is 1. The second kappa shape index (κ2) is 11.3. The molecule has 2 aliphatic carbocycles. The van der Waals surface area contributed by atoms with Gasteiger partial charge in [-0.2, -0.15) is 0 Å². The molecule has 0 bridgehead atoms. The number of pyridine rings is 1. The standard InChI is InChI=1S/C27H33N3O5/c1-2-35-26-22(24(31)28-15-17-9-5-3-6-10-17)13-19(16-29-26)20-14-21(20)25(32)30-23(27(33)34)18-11-7-4-8-12-18/h3,5-6,9-10,13,16,18,20-21,23H,2,4,7-8,11-12,14-15H2,1H3,(H,28,31)(H,30,32)(H,33,34)/t20-,21?,23-/m0/s1. The van der Waals surface area contributed by atoms with Crippen molar-refractivity contribution < 1.29 is 24.2 Å². The van der Waals surface area contributed by atoms with Gasteiger partial charge in [0.25, 0.3) is 5.91 Å². The zero-order valence-corrected chi connectivity index (χ0v) is 20.0. The number of hydrogen-bond acceptors (Lipinski definition) is 5. The molecule has 0 radical (unpaired) electrons. The largest absolute Gasteiger partial charge is 0.480 e. The predicted molar refractivity (Wildman–Crippen MR) is 130 cm³/mol. The van der Waals surface area contributed by atoms with Crippen LogP contribution in [-0.2, 0) is 16.1 Å². The van der Waals surface area contributed by atoms with Gasteiger partial charge in [0.05, 0.1) is 6.61 Å². The summed E-state index contributed by atoms with van der Waals surface area (Å²) in [6.07, 6.45) is 7.03. The van der Waals surface area contributed by atoms with Gasteiger partial charge in [0, 0.05) is 18.7 Å². The predicted octanol–water partition coefficient (Wildman–Crippen LogP) is 3.66. The van der Waals surface area contributed by atoms with E-state index in [2.05, 4.69) is 15.6 Å². The van der Waals surface area contributed by atoms with Crippen molar-refractivity contribution in [1.29, 1.82) is 0 Å². The number of carbonyl (C=O) groups excluding carboxylic acids is 2. The monoisotopic (exact) mass is 479 g/mol. The van der Waals surface area contributed by atoms with E-state index >= 15 is 0 Å². The molecule has 2 aromatic rings. The molecule has 8 nitrogen and oxygen atoms in total. The van der Waals surface area contributed by atoms with E-state index in [0.717, 1.165) is 43.2 Å². The highest BCUT2D eigenvalue weighted by Gasteiger charge is 2.46. The number of hydrogen-bond donors (Lipinski definition) is 3. The lowest BCUT2D eigenvalue weighted by atomic mass is 9.84. The summed E-state index contributed by atoms with van der Waals surface area (Å²) in [7, 11) is 0. The number of carbonyl (C=O) groups is 3. The Morgan fingerprint density at radius 1 is 1.14 bits per heavy atom. The van der Waals surface area contributed by atoms with Gasteiger partial charge in [-0.1, -0.05) is 49.6 Å². The summed E-state index contributed by atoms with van der Waals surface area (Å²) in [5.41, 5.74) is 2.09. The Bertz CT molecular complexity index is 1050. The van der Waals surface area contributed by atoms with Crippen LogP contribution in [0.4, 0.5) is 0 Å². The Hall–Kier alpha value is -3.42. The molecule has 35 heavy (non-hydrogen) atoms. The van der Waals surface area contributed by atoms with Crippen LogP contribution in [0.1, 0.15) is 72.9 Å². The fourth-order valence-corrected chi connectivity index (χ4v) is 4.92. The molecule has 2 fully saturated rings. The number of nitrogens with one attached hydrogen (secondary N) is 2. The van der Waals surface area contributed by atoms with Gasteiger partial charge in [-0.15, -0.1) is 0 Å². The third-order valence-corrected chi connectivity index (χ3v) is 6.93. The number of rotatable bonds is 10. The average molecular weight is 480 g/mol. The topological polar surface area (TPSA) is 118 Å². The van der Waals surface area contributed by atoms with Crippen LogP contribution in [0.15, 0.2) is 42.6 Å². The van der Waals surface area contributed by atoms with E-state index in [0.29, 0.717) is 25.1 Å². The molecule has 8 heteroatoms. The van der Waals surface area contributed by atoms with E-state index in [1.54, 1.807) is 12.3 Å². The van der Waals surface area contributed by atoms with Crippen molar-refractivity contribution in [3.8, 4) is 5.88 Å². The highest BCUT2D eigenvalue weighted by atomic mass is 16.5. The summed E-state index contributed by atoms with van der Waals surface area (Å²) in [4.78, 5) is 42.0. The maximum atomic E-state index is 12.9. The Kier molecular flexibility index (Phi) is 8.00. The lowest BCUT2D eigenvalue weighted by Crippen LogP contribution is -2.47. The van der Waals surface area contributed by atoms with Gasteiger partial charge in [-0.05, 0) is 55.2 Å². The van der Waals surface area contributed by atoms with Crippen molar-refractivity contribution in [3.05, 3.63) is 59.3 Å². The summed E-state index contributed by atoms with van der Waals surface area (Å²) in [5, 5.41) is 15.4. The lowest BCUT2D eigenvalue weighted by molar-refractivity contribution is -0.144. The molecule has 1 unspecified atom stereocenters. The molecule has 0 saturated heterocycles. The van der Waals surface area contributed by atoms with Crippen molar-refractivity contribution in [1.82, 2.24) is 15.6 Å². The van der Waals surface area contributed by atoms with E-state index in [1.807, 2.05) is 37.3 Å². The Balaban J connectivity index is 1.42. The van der Waals surface area contributed by atoms with Gasteiger partial charge < -0.3 is 20.5 Å². The molecule has 2 amide bonds. The number of aliphatic carboxylic acids is 1. The summed E-state index contributed by atoms with van der Waals surface area (Å²) in [6, 6.07) is 10.5. The summed E-state index contributed by atoms with van der Waals surface area (Å²) in [5.74, 6) is -1.68. The number of nitrogens with zero attached hydrogens (tertiary/aromatic N) is 1. The fraction of sp³-hybridized carbons (Fsp3) is 0.481. The fourth-order valence-electron chi connectivity index (χ4n) is 4.92. The maximum Gasteiger partial charge on any atom is 0.326 e. The second-order valence-electron chi connectivity index (χ2n) is 9.39. The van der Waals surface area contributed by atoms with Crippen molar-refractivity contribution in [3.63, 3.8) is 0 Å². The number of aromatic nitrogens is 1. The van der Waals surface area contributed by atoms with Crippen LogP contribution in [-0.4, -0.2) is 40.5 Å². The SMILES string of the molecule is CCOc1ncc([C@@H]2CC2C(=O)N[C@H](C(=O)O)C2CCCCC2)cc1C(=O)NCc1ccccc1. The van der Waals surface area contributed by atoms with Crippen molar-refractivity contribution in [2.75, 3.05) is 6.61 Å². The van der Waals surface area contributed by atoms with Gasteiger partial charge in [-0.25, -0.2) is 9.78 Å². The molecular weight excluding hydrogens is 446 g/mol. The van der Waals surface area contributed by atoms with E-state index in [4.69, 9.17) is 4.74 Å². The highest BCUT2D eigenvalue weighted by molar-refractivity contribution is 5.96. The number of carboxylic acids is 1. The minimum Gasteiger partial charge on any atom is -0.480 e. The minimum atomic E-state index is -0.970. The van der Waals surface area contributed by atoms with Crippen molar-refractivity contribution in [2.45, 2.75) is 64.0 Å². The molecule has 1 aromatic carbocycles. The molecule has 4 rings (SSSR count). The van der Waals surface area contributed by atoms with Crippen LogP contribution in [0.25, 0.3) is 0 Å². The van der Waals surface area contributed by atoms with Gasteiger partial charge in [0.15, 0.2) is 0 Å². The molecule has 1 aromatic heterocycles. The van der Waals surface area contributed by atoms with Crippen LogP contribution in [0, 0.1) is 11.8 Å². The Labute approximate surface area is 205 Å². The number of amides is 2. The average Bonchev–Trinajstić information content (AvgIpc) is 3.68.